The lowest BCUT2D eigenvalue weighted by molar-refractivity contribution is -0.147. The van der Waals surface area contributed by atoms with Crippen LogP contribution in [0.5, 0.6) is 0 Å². The molecule has 2 aromatic rings. The molecular weight excluding hydrogens is 420 g/mol. The monoisotopic (exact) mass is 450 g/mol. The first-order chi connectivity index (χ1) is 15.8. The van der Waals surface area contributed by atoms with E-state index in [1.807, 2.05) is 24.3 Å². The molecule has 0 saturated heterocycles. The molecule has 1 saturated carbocycles. The van der Waals surface area contributed by atoms with E-state index < -0.39 is 17.6 Å². The average Bonchev–Trinajstić information content (AvgIpc) is 3.40. The third kappa shape index (κ3) is 4.58. The van der Waals surface area contributed by atoms with Crippen molar-refractivity contribution < 1.29 is 24.2 Å². The van der Waals surface area contributed by atoms with Crippen LogP contribution in [0.1, 0.15) is 56.6 Å². The predicted octanol–water partition coefficient (Wildman–Crippen LogP) is 4.06. The minimum absolute atomic E-state index is 0.00649. The fourth-order valence-electron chi connectivity index (χ4n) is 4.82. The number of hydrogen-bond acceptors (Lipinski definition) is 4. The average molecular weight is 451 g/mol. The number of amides is 2. The third-order valence-corrected chi connectivity index (χ3v) is 7.05. The van der Waals surface area contributed by atoms with Gasteiger partial charge in [0.15, 0.2) is 0 Å². The molecule has 174 valence electrons. The van der Waals surface area contributed by atoms with Crippen LogP contribution in [-0.2, 0) is 14.3 Å². The Kier molecular flexibility index (Phi) is 6.40. The molecule has 0 bridgehead atoms. The molecule has 33 heavy (non-hydrogen) atoms. The number of ether oxygens (including phenoxy) is 1. The van der Waals surface area contributed by atoms with Gasteiger partial charge in [0.25, 0.3) is 0 Å². The number of carboxylic acid groups (broad SMARTS) is 1. The smallest absolute Gasteiger partial charge is 0.407 e. The summed E-state index contributed by atoms with van der Waals surface area (Å²) in [5.74, 6) is -1.66. The first kappa shape index (κ1) is 22.8. The molecule has 4 rings (SSSR count). The molecule has 2 aliphatic carbocycles. The summed E-state index contributed by atoms with van der Waals surface area (Å²) in [6.07, 6.45) is 1.52. The van der Waals surface area contributed by atoms with Crippen molar-refractivity contribution in [3.8, 4) is 11.1 Å². The van der Waals surface area contributed by atoms with Gasteiger partial charge >= 0.3 is 12.1 Å². The summed E-state index contributed by atoms with van der Waals surface area (Å²) in [4.78, 5) is 36.5. The number of hydrogen-bond donors (Lipinski definition) is 3. The van der Waals surface area contributed by atoms with Crippen LogP contribution >= 0.6 is 0 Å². The zero-order chi connectivity index (χ0) is 23.6. The zero-order valence-electron chi connectivity index (χ0n) is 19.0. The van der Waals surface area contributed by atoms with Gasteiger partial charge in [-0.25, -0.2) is 9.59 Å². The van der Waals surface area contributed by atoms with Gasteiger partial charge in [-0.1, -0.05) is 55.5 Å². The maximum Gasteiger partial charge on any atom is 0.407 e. The van der Waals surface area contributed by atoms with Gasteiger partial charge in [-0.05, 0) is 54.9 Å². The summed E-state index contributed by atoms with van der Waals surface area (Å²) in [5, 5.41) is 14.9. The summed E-state index contributed by atoms with van der Waals surface area (Å²) in [7, 11) is 0. The van der Waals surface area contributed by atoms with E-state index in [1.54, 1.807) is 6.92 Å². The number of fused-ring (bicyclic) bond motifs is 3. The van der Waals surface area contributed by atoms with Crippen LogP contribution in [0.15, 0.2) is 48.5 Å². The van der Waals surface area contributed by atoms with Gasteiger partial charge in [0.05, 0.1) is 0 Å². The highest BCUT2D eigenvalue weighted by Gasteiger charge is 2.38. The molecule has 0 aliphatic heterocycles. The Morgan fingerprint density at radius 2 is 1.64 bits per heavy atom. The van der Waals surface area contributed by atoms with E-state index in [2.05, 4.69) is 34.9 Å². The summed E-state index contributed by atoms with van der Waals surface area (Å²) < 4.78 is 5.60. The number of carboxylic acids is 1. The lowest BCUT2D eigenvalue weighted by Gasteiger charge is -2.26. The lowest BCUT2D eigenvalue weighted by atomic mass is 9.97. The fraction of sp³-hybridized carbons (Fsp3) is 0.423. The fourth-order valence-corrected chi connectivity index (χ4v) is 4.82. The van der Waals surface area contributed by atoms with E-state index >= 15 is 0 Å². The Hall–Kier alpha value is -3.35. The van der Waals surface area contributed by atoms with Crippen molar-refractivity contribution in [2.24, 2.45) is 5.92 Å². The number of rotatable bonds is 7. The van der Waals surface area contributed by atoms with Gasteiger partial charge in [0.2, 0.25) is 5.91 Å². The Morgan fingerprint density at radius 1 is 1.03 bits per heavy atom. The molecule has 3 atom stereocenters. The molecule has 3 unspecified atom stereocenters. The lowest BCUT2D eigenvalue weighted by Crippen LogP contribution is -2.53. The Bertz CT molecular complexity index is 1020. The highest BCUT2D eigenvalue weighted by atomic mass is 16.5. The molecule has 0 aromatic heterocycles. The van der Waals surface area contributed by atoms with E-state index in [1.165, 1.54) is 18.1 Å². The molecule has 7 heteroatoms. The predicted molar refractivity (Wildman–Crippen MR) is 124 cm³/mol. The number of nitrogens with one attached hydrogen (secondary N) is 2. The van der Waals surface area contributed by atoms with E-state index in [0.29, 0.717) is 25.7 Å². The molecule has 1 fully saturated rings. The summed E-state index contributed by atoms with van der Waals surface area (Å²) in [6, 6.07) is 16.2. The molecule has 3 N–H and O–H groups in total. The minimum atomic E-state index is -1.28. The van der Waals surface area contributed by atoms with Crippen molar-refractivity contribution in [3.63, 3.8) is 0 Å². The first-order valence-electron chi connectivity index (χ1n) is 11.5. The molecule has 2 amide bonds. The second-order valence-corrected chi connectivity index (χ2v) is 9.16. The summed E-state index contributed by atoms with van der Waals surface area (Å²) in [6.45, 7) is 3.48. The van der Waals surface area contributed by atoms with Crippen molar-refractivity contribution in [2.75, 3.05) is 6.61 Å². The van der Waals surface area contributed by atoms with Crippen LogP contribution in [-0.4, -0.2) is 41.3 Å². The van der Waals surface area contributed by atoms with Crippen molar-refractivity contribution in [1.29, 1.82) is 0 Å². The Morgan fingerprint density at radius 3 is 2.21 bits per heavy atom. The number of aliphatic carboxylic acids is 1. The number of benzene rings is 2. The Labute approximate surface area is 193 Å². The van der Waals surface area contributed by atoms with Crippen LogP contribution in [0.25, 0.3) is 11.1 Å². The highest BCUT2D eigenvalue weighted by Crippen LogP contribution is 2.44. The molecule has 0 radical (unpaired) electrons. The molecule has 7 nitrogen and oxygen atoms in total. The Balaban J connectivity index is 1.31. The van der Waals surface area contributed by atoms with Crippen LogP contribution in [0.4, 0.5) is 4.79 Å². The molecule has 0 spiro atoms. The second-order valence-electron chi connectivity index (χ2n) is 9.16. The zero-order valence-corrected chi connectivity index (χ0v) is 19.0. The number of carbonyl (C=O) groups is 3. The second kappa shape index (κ2) is 9.25. The maximum absolute atomic E-state index is 12.6. The summed E-state index contributed by atoms with van der Waals surface area (Å²) >= 11 is 0. The summed E-state index contributed by atoms with van der Waals surface area (Å²) in [5.41, 5.74) is 3.37. The topological polar surface area (TPSA) is 105 Å². The van der Waals surface area contributed by atoms with Crippen molar-refractivity contribution in [2.45, 2.75) is 57.0 Å². The van der Waals surface area contributed by atoms with Crippen LogP contribution in [0.3, 0.4) is 0 Å². The van der Waals surface area contributed by atoms with E-state index in [4.69, 9.17) is 4.74 Å². The van der Waals surface area contributed by atoms with E-state index in [9.17, 15) is 19.5 Å². The van der Waals surface area contributed by atoms with Crippen molar-refractivity contribution in [3.05, 3.63) is 59.7 Å². The minimum Gasteiger partial charge on any atom is -0.480 e. The van der Waals surface area contributed by atoms with Gasteiger partial charge in [-0.3, -0.25) is 4.79 Å². The van der Waals surface area contributed by atoms with E-state index in [-0.39, 0.29) is 30.4 Å². The van der Waals surface area contributed by atoms with Crippen LogP contribution < -0.4 is 10.6 Å². The van der Waals surface area contributed by atoms with Gasteiger partial charge in [0.1, 0.15) is 12.1 Å². The van der Waals surface area contributed by atoms with Gasteiger partial charge < -0.3 is 20.5 Å². The van der Waals surface area contributed by atoms with Crippen LogP contribution in [0.2, 0.25) is 0 Å². The van der Waals surface area contributed by atoms with Crippen molar-refractivity contribution in [1.82, 2.24) is 10.6 Å². The standard InChI is InChI=1S/C26H30N2O5/c1-3-26(2,24(30)31)28-23(29)16-12-13-17(14-16)27-25(32)33-15-22-20-10-6-4-8-18(20)19-9-5-7-11-21(19)22/h4-11,16-17,22H,3,12-15H2,1-2H3,(H,27,32)(H,28,29)(H,30,31). The van der Waals surface area contributed by atoms with Crippen molar-refractivity contribution >= 4 is 18.0 Å². The van der Waals surface area contributed by atoms with Gasteiger partial charge in [-0.15, -0.1) is 0 Å². The molecule has 2 aromatic carbocycles. The van der Waals surface area contributed by atoms with Gasteiger partial charge in [0, 0.05) is 17.9 Å². The quantitative estimate of drug-likeness (QED) is 0.590. The maximum atomic E-state index is 12.6. The molecule has 0 heterocycles. The highest BCUT2D eigenvalue weighted by molar-refractivity contribution is 5.88. The SMILES string of the molecule is CCC(C)(NC(=O)C1CCC(NC(=O)OCC2c3ccccc3-c3ccccc32)C1)C(=O)O. The number of alkyl carbamates (subject to hydrolysis) is 1. The largest absolute Gasteiger partial charge is 0.480 e. The molecular formula is C26H30N2O5. The first-order valence-corrected chi connectivity index (χ1v) is 11.5. The third-order valence-electron chi connectivity index (χ3n) is 7.05. The van der Waals surface area contributed by atoms with Gasteiger partial charge in [-0.2, -0.15) is 0 Å². The van der Waals surface area contributed by atoms with Crippen LogP contribution in [0, 0.1) is 5.92 Å². The normalized spacial score (nSPS) is 20.9. The van der Waals surface area contributed by atoms with E-state index in [0.717, 1.165) is 11.1 Å². The number of carbonyl (C=O) groups excluding carboxylic acids is 2. The molecule has 2 aliphatic rings.